The molecule has 11 nitrogen and oxygen atoms in total. The topological polar surface area (TPSA) is 153 Å². The lowest BCUT2D eigenvalue weighted by Crippen LogP contribution is -2.27. The molecule has 1 aromatic carbocycles. The van der Waals surface area contributed by atoms with Gasteiger partial charge in [0.25, 0.3) is 5.16 Å². The minimum absolute atomic E-state index is 0.00859. The van der Waals surface area contributed by atoms with E-state index in [1.165, 1.54) is 6.92 Å². The zero-order valence-corrected chi connectivity index (χ0v) is 29.1. The number of carbonyl (C=O) groups excluding carboxylic acids is 1. The van der Waals surface area contributed by atoms with Gasteiger partial charge in [-0.25, -0.2) is 27.0 Å². The zero-order chi connectivity index (χ0) is 33.8. The number of anilines is 1. The third-order valence-electron chi connectivity index (χ3n) is 7.12. The lowest BCUT2D eigenvalue weighted by atomic mass is 9.93. The second-order valence-corrected chi connectivity index (χ2v) is 21.8. The molecule has 0 spiro atoms. The summed E-state index contributed by atoms with van der Waals surface area (Å²) in [5.41, 5.74) is -0.723. The van der Waals surface area contributed by atoms with Crippen LogP contribution in [0, 0.1) is 23.0 Å². The van der Waals surface area contributed by atoms with Gasteiger partial charge in [-0.3, -0.25) is 10.3 Å². The van der Waals surface area contributed by atoms with E-state index in [9.17, 15) is 18.5 Å². The van der Waals surface area contributed by atoms with Crippen LogP contribution in [0.15, 0.2) is 11.4 Å². The molecule has 5 rings (SSSR count). The number of nitrogens with zero attached hydrogens (tertiary/aromatic N) is 4. The standard InChI is InChI=1S/C30H33F2N5O6S2Si/c1-8-45(39,40)28-35-24-21(26(36-28)42-9-10-46(5,6)7)17-14-41-13-16(17)19(22(24)32)23-20-15(11-33)27(37-29(38)43-30(2,3)4)44-25(20)18(31)12-34-23/h12H,8-10,13-14H2,1-7H3,(H,37,38). The fourth-order valence-electron chi connectivity index (χ4n) is 4.90. The van der Waals surface area contributed by atoms with Crippen molar-refractivity contribution in [2.24, 2.45) is 0 Å². The summed E-state index contributed by atoms with van der Waals surface area (Å²) in [7, 11) is -5.56. The Hall–Kier alpha value is -3.78. The zero-order valence-electron chi connectivity index (χ0n) is 26.4. The average Bonchev–Trinajstić information content (AvgIpc) is 3.57. The maximum atomic E-state index is 16.9. The molecule has 46 heavy (non-hydrogen) atoms. The fourth-order valence-corrected chi connectivity index (χ4v) is 7.37. The number of nitriles is 1. The van der Waals surface area contributed by atoms with Gasteiger partial charge in [-0.2, -0.15) is 10.2 Å². The van der Waals surface area contributed by atoms with Crippen LogP contribution in [0.25, 0.3) is 32.2 Å². The van der Waals surface area contributed by atoms with Gasteiger partial charge in [0, 0.05) is 19.0 Å². The van der Waals surface area contributed by atoms with E-state index in [2.05, 4.69) is 39.9 Å². The smallest absolute Gasteiger partial charge is 0.412 e. The number of nitrogens with one attached hydrogen (secondary N) is 1. The van der Waals surface area contributed by atoms with Gasteiger partial charge in [0.2, 0.25) is 15.7 Å². The molecule has 4 aromatic rings. The van der Waals surface area contributed by atoms with Crippen LogP contribution < -0.4 is 10.1 Å². The largest absolute Gasteiger partial charge is 0.477 e. The molecular formula is C30H33F2N5O6S2Si. The number of sulfone groups is 1. The summed E-state index contributed by atoms with van der Waals surface area (Å²) in [6.45, 7) is 13.1. The highest BCUT2D eigenvalue weighted by atomic mass is 32.2. The van der Waals surface area contributed by atoms with E-state index in [4.69, 9.17) is 14.2 Å². The summed E-state index contributed by atoms with van der Waals surface area (Å²) in [4.78, 5) is 25.2. The molecule has 0 fully saturated rings. The molecule has 244 valence electrons. The third kappa shape index (κ3) is 6.41. The summed E-state index contributed by atoms with van der Waals surface area (Å²) < 4.78 is 75.1. The molecule has 1 amide bonds. The predicted octanol–water partition coefficient (Wildman–Crippen LogP) is 6.94. The van der Waals surface area contributed by atoms with E-state index in [-0.39, 0.29) is 74.3 Å². The summed E-state index contributed by atoms with van der Waals surface area (Å²) in [5.74, 6) is -2.15. The fraction of sp³-hybridized carbons (Fsp3) is 0.433. The van der Waals surface area contributed by atoms with Gasteiger partial charge < -0.3 is 14.2 Å². The van der Waals surface area contributed by atoms with Crippen molar-refractivity contribution in [2.75, 3.05) is 17.7 Å². The summed E-state index contributed by atoms with van der Waals surface area (Å²) >= 11 is 0.778. The van der Waals surface area contributed by atoms with Crippen LogP contribution in [-0.4, -0.2) is 55.5 Å². The summed E-state index contributed by atoms with van der Waals surface area (Å²) in [5, 5.41) is 12.2. The molecule has 0 unspecified atom stereocenters. The Morgan fingerprint density at radius 2 is 1.87 bits per heavy atom. The van der Waals surface area contributed by atoms with Gasteiger partial charge in [0.15, 0.2) is 11.6 Å². The van der Waals surface area contributed by atoms with Crippen molar-refractivity contribution in [3.05, 3.63) is 34.5 Å². The van der Waals surface area contributed by atoms with Crippen LogP contribution in [0.3, 0.4) is 0 Å². The first-order valence-corrected chi connectivity index (χ1v) is 20.6. The molecule has 0 radical (unpaired) electrons. The van der Waals surface area contributed by atoms with Crippen LogP contribution in [0.5, 0.6) is 5.88 Å². The van der Waals surface area contributed by atoms with Crippen LogP contribution >= 0.6 is 11.3 Å². The van der Waals surface area contributed by atoms with E-state index in [1.807, 2.05) is 6.07 Å². The van der Waals surface area contributed by atoms with Crippen LogP contribution in [0.4, 0.5) is 18.6 Å². The SMILES string of the molecule is CCS(=O)(=O)c1nc(OCC[Si](C)(C)C)c2c3c(c(-c4ncc(F)c5sc(NC(=O)OC(C)(C)C)c(C#N)c45)c(F)c2n1)COC3. The molecule has 0 saturated heterocycles. The van der Waals surface area contributed by atoms with E-state index in [0.29, 0.717) is 11.1 Å². The first-order chi connectivity index (χ1) is 21.5. The van der Waals surface area contributed by atoms with E-state index in [0.717, 1.165) is 23.6 Å². The number of aromatic nitrogens is 3. The maximum absolute atomic E-state index is 16.9. The van der Waals surface area contributed by atoms with E-state index < -0.39 is 46.4 Å². The minimum Gasteiger partial charge on any atom is -0.477 e. The molecule has 1 aliphatic heterocycles. The number of hydrogen-bond acceptors (Lipinski definition) is 11. The normalized spacial score (nSPS) is 13.6. The summed E-state index contributed by atoms with van der Waals surface area (Å²) in [6.07, 6.45) is 0.0377. The molecule has 0 atom stereocenters. The van der Waals surface area contributed by atoms with Gasteiger partial charge in [-0.05, 0) is 37.9 Å². The van der Waals surface area contributed by atoms with Crippen molar-refractivity contribution in [1.29, 1.82) is 5.26 Å². The van der Waals surface area contributed by atoms with Gasteiger partial charge >= 0.3 is 6.09 Å². The monoisotopic (exact) mass is 689 g/mol. The second-order valence-electron chi connectivity index (χ2n) is 12.9. The molecule has 0 aliphatic carbocycles. The number of amides is 1. The maximum Gasteiger partial charge on any atom is 0.412 e. The van der Waals surface area contributed by atoms with Gasteiger partial charge in [-0.1, -0.05) is 26.6 Å². The first-order valence-electron chi connectivity index (χ1n) is 14.5. The number of rotatable bonds is 8. The van der Waals surface area contributed by atoms with Gasteiger partial charge in [0.05, 0.1) is 53.1 Å². The first kappa shape index (κ1) is 33.6. The Morgan fingerprint density at radius 1 is 1.17 bits per heavy atom. The van der Waals surface area contributed by atoms with Crippen molar-refractivity contribution in [3.8, 4) is 23.2 Å². The Bertz CT molecular complexity index is 2050. The van der Waals surface area contributed by atoms with Crippen LogP contribution in [0.1, 0.15) is 44.4 Å². The molecular weight excluding hydrogens is 657 g/mol. The second kappa shape index (κ2) is 12.1. The number of thiophene rings is 1. The number of fused-ring (bicyclic) bond motifs is 4. The highest BCUT2D eigenvalue weighted by Crippen LogP contribution is 2.47. The lowest BCUT2D eigenvalue weighted by molar-refractivity contribution is 0.0636. The van der Waals surface area contributed by atoms with Gasteiger partial charge in [-0.15, -0.1) is 11.3 Å². The number of ether oxygens (including phenoxy) is 3. The van der Waals surface area contributed by atoms with E-state index >= 15 is 8.78 Å². The number of hydrogen-bond donors (Lipinski definition) is 1. The molecule has 3 aromatic heterocycles. The molecule has 1 aliphatic rings. The van der Waals surface area contributed by atoms with Crippen molar-refractivity contribution in [2.45, 2.75) is 77.4 Å². The lowest BCUT2D eigenvalue weighted by Gasteiger charge is -2.19. The van der Waals surface area contributed by atoms with Crippen LogP contribution in [0.2, 0.25) is 25.7 Å². The number of halogens is 2. The predicted molar refractivity (Wildman–Crippen MR) is 173 cm³/mol. The highest BCUT2D eigenvalue weighted by molar-refractivity contribution is 7.91. The molecule has 0 bridgehead atoms. The quantitative estimate of drug-likeness (QED) is 0.152. The molecule has 1 N–H and O–H groups in total. The molecule has 4 heterocycles. The average molecular weight is 690 g/mol. The number of carbonyl (C=O) groups is 1. The Kier molecular flexibility index (Phi) is 8.83. The van der Waals surface area contributed by atoms with Crippen molar-refractivity contribution >= 4 is 61.3 Å². The Balaban J connectivity index is 1.80. The Morgan fingerprint density at radius 3 is 2.50 bits per heavy atom. The number of pyridine rings is 1. The van der Waals surface area contributed by atoms with Crippen LogP contribution in [-0.2, 0) is 32.5 Å². The molecule has 0 saturated carbocycles. The van der Waals surface area contributed by atoms with Crippen molar-refractivity contribution in [1.82, 2.24) is 15.0 Å². The summed E-state index contributed by atoms with van der Waals surface area (Å²) in [6, 6.07) is 2.72. The van der Waals surface area contributed by atoms with E-state index in [1.54, 1.807) is 20.8 Å². The van der Waals surface area contributed by atoms with Gasteiger partial charge in [0.1, 0.15) is 22.2 Å². The highest BCUT2D eigenvalue weighted by Gasteiger charge is 2.33. The van der Waals surface area contributed by atoms with Crippen molar-refractivity contribution < 1.29 is 36.2 Å². The molecule has 16 heteroatoms. The van der Waals surface area contributed by atoms with Crippen molar-refractivity contribution in [3.63, 3.8) is 0 Å². The third-order valence-corrected chi connectivity index (χ3v) is 11.4. The number of benzene rings is 1. The Labute approximate surface area is 269 Å². The minimum atomic E-state index is -4.00.